The number of carboxylic acid groups (broad SMARTS) is 1. The Morgan fingerprint density at radius 3 is 2.53 bits per heavy atom. The molecule has 0 aliphatic rings. The summed E-state index contributed by atoms with van der Waals surface area (Å²) in [6, 6.07) is 1.65. The van der Waals surface area contributed by atoms with Gasteiger partial charge in [0, 0.05) is 11.3 Å². The zero-order chi connectivity index (χ0) is 14.6. The number of aryl methyl sites for hydroxylation is 1. The summed E-state index contributed by atoms with van der Waals surface area (Å²) in [5.41, 5.74) is 4.91. The van der Waals surface area contributed by atoms with Crippen LogP contribution in [0.15, 0.2) is 16.3 Å². The van der Waals surface area contributed by atoms with Crippen LogP contribution in [0.1, 0.15) is 17.7 Å². The zero-order valence-corrected chi connectivity index (χ0v) is 11.8. The van der Waals surface area contributed by atoms with Gasteiger partial charge < -0.3 is 10.8 Å². The molecule has 0 aromatic carbocycles. The number of aliphatic carboxylic acids is 1. The van der Waals surface area contributed by atoms with Gasteiger partial charge in [-0.2, -0.15) is 4.72 Å². The van der Waals surface area contributed by atoms with Gasteiger partial charge in [-0.25, -0.2) is 8.42 Å². The van der Waals surface area contributed by atoms with Crippen LogP contribution in [0.5, 0.6) is 0 Å². The Morgan fingerprint density at radius 1 is 1.47 bits per heavy atom. The van der Waals surface area contributed by atoms with Gasteiger partial charge in [-0.05, 0) is 25.5 Å². The Hall–Kier alpha value is -1.45. The molecule has 0 bridgehead atoms. The Bertz CT molecular complexity index is 578. The quantitative estimate of drug-likeness (QED) is 0.656. The standard InChI is InChI=1S/C10H14N2O5S2/c1-6-2-5-9(18-6)19(16,17)12-7(10(14)15)3-4-8(11)13/h2,5,7,12H,3-4H2,1H3,(H2,11,13)(H,14,15)/t7-/m1/s1. The Balaban J connectivity index is 2.84. The largest absolute Gasteiger partial charge is 0.480 e. The lowest BCUT2D eigenvalue weighted by atomic mass is 10.2. The summed E-state index contributed by atoms with van der Waals surface area (Å²) >= 11 is 1.04. The molecule has 0 aliphatic carbocycles. The van der Waals surface area contributed by atoms with Crippen LogP contribution in [0.4, 0.5) is 0 Å². The molecule has 0 unspecified atom stereocenters. The van der Waals surface area contributed by atoms with Crippen LogP contribution in [0, 0.1) is 6.92 Å². The molecule has 1 rings (SSSR count). The third-order valence-electron chi connectivity index (χ3n) is 2.26. The highest BCUT2D eigenvalue weighted by molar-refractivity contribution is 7.91. The van der Waals surface area contributed by atoms with Gasteiger partial charge in [-0.15, -0.1) is 11.3 Å². The van der Waals surface area contributed by atoms with Gasteiger partial charge in [0.25, 0.3) is 10.0 Å². The SMILES string of the molecule is Cc1ccc(S(=O)(=O)N[C@H](CCC(N)=O)C(=O)O)s1. The highest BCUT2D eigenvalue weighted by atomic mass is 32.2. The monoisotopic (exact) mass is 306 g/mol. The normalized spacial score (nSPS) is 13.1. The van der Waals surface area contributed by atoms with Gasteiger partial charge in [0.15, 0.2) is 0 Å². The number of carboxylic acids is 1. The maximum absolute atomic E-state index is 11.9. The first kappa shape index (κ1) is 15.6. The summed E-state index contributed by atoms with van der Waals surface area (Å²) < 4.78 is 25.9. The lowest BCUT2D eigenvalue weighted by Crippen LogP contribution is -2.41. The van der Waals surface area contributed by atoms with Crippen LogP contribution in [0.2, 0.25) is 0 Å². The molecule has 9 heteroatoms. The van der Waals surface area contributed by atoms with Gasteiger partial charge in [0.1, 0.15) is 10.3 Å². The molecule has 0 spiro atoms. The van der Waals surface area contributed by atoms with Crippen molar-refractivity contribution in [2.45, 2.75) is 30.0 Å². The fraction of sp³-hybridized carbons (Fsp3) is 0.400. The van der Waals surface area contributed by atoms with Crippen molar-refractivity contribution in [3.05, 3.63) is 17.0 Å². The molecular formula is C10H14N2O5S2. The molecule has 1 aromatic rings. The number of amides is 1. The van der Waals surface area contributed by atoms with Crippen molar-refractivity contribution >= 4 is 33.2 Å². The molecule has 1 amide bonds. The number of hydrogen-bond donors (Lipinski definition) is 3. The molecular weight excluding hydrogens is 292 g/mol. The molecule has 0 saturated carbocycles. The van der Waals surface area contributed by atoms with E-state index in [1.54, 1.807) is 13.0 Å². The molecule has 0 aliphatic heterocycles. The lowest BCUT2D eigenvalue weighted by molar-refractivity contribution is -0.139. The highest BCUT2D eigenvalue weighted by Crippen LogP contribution is 2.21. The topological polar surface area (TPSA) is 127 Å². The smallest absolute Gasteiger partial charge is 0.321 e. The number of sulfonamides is 1. The van der Waals surface area contributed by atoms with Gasteiger partial charge in [0.2, 0.25) is 5.91 Å². The molecule has 19 heavy (non-hydrogen) atoms. The van der Waals surface area contributed by atoms with Crippen LogP contribution >= 0.6 is 11.3 Å². The predicted octanol–water partition coefficient (Wildman–Crippen LogP) is 0.0535. The van der Waals surface area contributed by atoms with E-state index in [0.29, 0.717) is 0 Å². The second kappa shape index (κ2) is 6.13. The number of carbonyl (C=O) groups is 2. The minimum atomic E-state index is -3.90. The lowest BCUT2D eigenvalue weighted by Gasteiger charge is -2.12. The number of carbonyl (C=O) groups excluding carboxylic acids is 1. The number of rotatable bonds is 7. The summed E-state index contributed by atoms with van der Waals surface area (Å²) in [5.74, 6) is -2.03. The fourth-order valence-electron chi connectivity index (χ4n) is 1.32. The maximum Gasteiger partial charge on any atom is 0.321 e. The van der Waals surface area contributed by atoms with Crippen LogP contribution < -0.4 is 10.5 Å². The van der Waals surface area contributed by atoms with Gasteiger partial charge in [0.05, 0.1) is 0 Å². The number of primary amides is 1. The van der Waals surface area contributed by atoms with E-state index >= 15 is 0 Å². The van der Waals surface area contributed by atoms with Crippen molar-refractivity contribution in [2.24, 2.45) is 5.73 Å². The summed E-state index contributed by atoms with van der Waals surface area (Å²) in [4.78, 5) is 22.4. The van der Waals surface area contributed by atoms with Gasteiger partial charge >= 0.3 is 5.97 Å². The summed E-state index contributed by atoms with van der Waals surface area (Å²) in [6.45, 7) is 1.74. The number of nitrogens with two attached hydrogens (primary N) is 1. The first-order chi connectivity index (χ1) is 8.72. The molecule has 1 aromatic heterocycles. The third-order valence-corrected chi connectivity index (χ3v) is 5.22. The highest BCUT2D eigenvalue weighted by Gasteiger charge is 2.26. The van der Waals surface area contributed by atoms with Crippen molar-refractivity contribution in [3.8, 4) is 0 Å². The van der Waals surface area contributed by atoms with E-state index in [-0.39, 0.29) is 17.1 Å². The Morgan fingerprint density at radius 2 is 2.11 bits per heavy atom. The molecule has 0 radical (unpaired) electrons. The molecule has 106 valence electrons. The average Bonchev–Trinajstić information content (AvgIpc) is 2.71. The molecule has 0 fully saturated rings. The van der Waals surface area contributed by atoms with Crippen LogP contribution in [-0.2, 0) is 19.6 Å². The second-order valence-electron chi connectivity index (χ2n) is 3.88. The predicted molar refractivity (Wildman–Crippen MR) is 69.2 cm³/mol. The number of hydrogen-bond acceptors (Lipinski definition) is 5. The molecule has 7 nitrogen and oxygen atoms in total. The molecule has 1 atom stereocenters. The number of nitrogens with one attached hydrogen (secondary N) is 1. The first-order valence-corrected chi connectivity index (χ1v) is 7.62. The maximum atomic E-state index is 11.9. The third kappa shape index (κ3) is 4.62. The Labute approximate surface area is 114 Å². The average molecular weight is 306 g/mol. The van der Waals surface area contributed by atoms with Gasteiger partial charge in [-0.3, -0.25) is 9.59 Å². The van der Waals surface area contributed by atoms with E-state index in [4.69, 9.17) is 10.8 Å². The van der Waals surface area contributed by atoms with E-state index in [1.165, 1.54) is 6.07 Å². The Kier molecular flexibility index (Phi) is 5.04. The zero-order valence-electron chi connectivity index (χ0n) is 10.1. The van der Waals surface area contributed by atoms with E-state index < -0.39 is 27.9 Å². The first-order valence-electron chi connectivity index (χ1n) is 5.32. The summed E-state index contributed by atoms with van der Waals surface area (Å²) in [7, 11) is -3.90. The van der Waals surface area contributed by atoms with Gasteiger partial charge in [-0.1, -0.05) is 0 Å². The minimum absolute atomic E-state index is 0.0373. The second-order valence-corrected chi connectivity index (χ2v) is 7.11. The van der Waals surface area contributed by atoms with Crippen molar-refractivity contribution in [2.75, 3.05) is 0 Å². The van der Waals surface area contributed by atoms with E-state index in [1.807, 2.05) is 0 Å². The summed E-state index contributed by atoms with van der Waals surface area (Å²) in [5, 5.41) is 8.93. The van der Waals surface area contributed by atoms with E-state index in [2.05, 4.69) is 4.72 Å². The minimum Gasteiger partial charge on any atom is -0.480 e. The summed E-state index contributed by atoms with van der Waals surface area (Å²) in [6.07, 6.45) is -0.392. The van der Waals surface area contributed by atoms with Crippen molar-refractivity contribution in [1.29, 1.82) is 0 Å². The van der Waals surface area contributed by atoms with Crippen LogP contribution in [0.3, 0.4) is 0 Å². The van der Waals surface area contributed by atoms with Crippen LogP contribution in [-0.4, -0.2) is 31.4 Å². The number of thiophene rings is 1. The molecule has 1 heterocycles. The van der Waals surface area contributed by atoms with E-state index in [9.17, 15) is 18.0 Å². The van der Waals surface area contributed by atoms with E-state index in [0.717, 1.165) is 16.2 Å². The van der Waals surface area contributed by atoms with Crippen LogP contribution in [0.25, 0.3) is 0 Å². The van der Waals surface area contributed by atoms with Crippen molar-refractivity contribution in [1.82, 2.24) is 4.72 Å². The molecule has 4 N–H and O–H groups in total. The fourth-order valence-corrected chi connectivity index (χ4v) is 3.84. The molecule has 0 saturated heterocycles. The van der Waals surface area contributed by atoms with Crippen molar-refractivity contribution < 1.29 is 23.1 Å². The van der Waals surface area contributed by atoms with Crippen molar-refractivity contribution in [3.63, 3.8) is 0 Å².